The first-order valence-electron chi connectivity index (χ1n) is 10.3. The van der Waals surface area contributed by atoms with Crippen LogP contribution in [0.3, 0.4) is 0 Å². The molecule has 1 fully saturated rings. The van der Waals surface area contributed by atoms with Crippen molar-refractivity contribution in [2.24, 2.45) is 5.92 Å². The highest BCUT2D eigenvalue weighted by molar-refractivity contribution is 7.89. The summed E-state index contributed by atoms with van der Waals surface area (Å²) >= 11 is 0. The van der Waals surface area contributed by atoms with Crippen molar-refractivity contribution in [3.05, 3.63) is 77.9 Å². The number of benzene rings is 3. The second kappa shape index (κ2) is 8.58. The van der Waals surface area contributed by atoms with Crippen molar-refractivity contribution in [3.63, 3.8) is 0 Å². The summed E-state index contributed by atoms with van der Waals surface area (Å²) in [7, 11) is -3.58. The van der Waals surface area contributed by atoms with Crippen molar-refractivity contribution in [1.82, 2.24) is 9.62 Å². The van der Waals surface area contributed by atoms with E-state index in [1.54, 1.807) is 24.3 Å². The zero-order valence-electron chi connectivity index (χ0n) is 17.0. The van der Waals surface area contributed by atoms with Crippen LogP contribution in [0.5, 0.6) is 0 Å². The Kier molecular flexibility index (Phi) is 5.88. The van der Waals surface area contributed by atoms with E-state index in [9.17, 15) is 13.2 Å². The molecule has 1 saturated heterocycles. The van der Waals surface area contributed by atoms with E-state index in [1.165, 1.54) is 4.31 Å². The largest absolute Gasteiger partial charge is 0.352 e. The molecule has 1 aliphatic heterocycles. The topological polar surface area (TPSA) is 66.5 Å². The van der Waals surface area contributed by atoms with Gasteiger partial charge in [0.15, 0.2) is 0 Å². The van der Waals surface area contributed by atoms with Gasteiger partial charge in [-0.25, -0.2) is 8.42 Å². The number of aryl methyl sites for hydroxylation is 1. The fourth-order valence-electron chi connectivity index (χ4n) is 3.92. The van der Waals surface area contributed by atoms with Crippen LogP contribution in [0.1, 0.15) is 24.0 Å². The van der Waals surface area contributed by atoms with Gasteiger partial charge in [0.25, 0.3) is 0 Å². The first-order chi connectivity index (χ1) is 14.4. The molecule has 1 aliphatic rings. The molecule has 1 N–H and O–H groups in total. The van der Waals surface area contributed by atoms with E-state index in [0.717, 1.165) is 21.9 Å². The lowest BCUT2D eigenvalue weighted by atomic mass is 9.98. The van der Waals surface area contributed by atoms with Crippen molar-refractivity contribution >= 4 is 26.7 Å². The summed E-state index contributed by atoms with van der Waals surface area (Å²) < 4.78 is 27.4. The van der Waals surface area contributed by atoms with Crippen LogP contribution >= 0.6 is 0 Å². The van der Waals surface area contributed by atoms with Gasteiger partial charge in [0.2, 0.25) is 15.9 Å². The lowest BCUT2D eigenvalue weighted by molar-refractivity contribution is -0.126. The van der Waals surface area contributed by atoms with E-state index in [0.29, 0.717) is 25.9 Å². The van der Waals surface area contributed by atoms with Gasteiger partial charge in [-0.05, 0) is 54.3 Å². The summed E-state index contributed by atoms with van der Waals surface area (Å²) in [6, 6.07) is 21.1. The van der Waals surface area contributed by atoms with Crippen molar-refractivity contribution < 1.29 is 13.2 Å². The fraction of sp³-hybridized carbons (Fsp3) is 0.292. The maximum Gasteiger partial charge on any atom is 0.243 e. The van der Waals surface area contributed by atoms with Crippen LogP contribution in [-0.4, -0.2) is 31.7 Å². The van der Waals surface area contributed by atoms with Crippen molar-refractivity contribution in [2.75, 3.05) is 13.1 Å². The molecule has 0 radical (unpaired) electrons. The van der Waals surface area contributed by atoms with Crippen LogP contribution in [0.4, 0.5) is 0 Å². The molecule has 0 aliphatic carbocycles. The predicted octanol–water partition coefficient (Wildman–Crippen LogP) is 3.87. The molecular formula is C24H26N2O3S. The normalized spacial score (nSPS) is 17.7. The first-order valence-corrected chi connectivity index (χ1v) is 11.7. The van der Waals surface area contributed by atoms with E-state index in [1.807, 2.05) is 31.2 Å². The second-order valence-electron chi connectivity index (χ2n) is 7.91. The van der Waals surface area contributed by atoms with Crippen LogP contribution in [-0.2, 0) is 21.4 Å². The summed E-state index contributed by atoms with van der Waals surface area (Å²) in [5.74, 6) is -0.425. The number of amides is 1. The highest BCUT2D eigenvalue weighted by Gasteiger charge is 2.33. The molecule has 1 amide bonds. The highest BCUT2D eigenvalue weighted by Crippen LogP contribution is 2.24. The zero-order valence-corrected chi connectivity index (χ0v) is 17.9. The molecule has 3 aromatic rings. The van der Waals surface area contributed by atoms with E-state index in [-0.39, 0.29) is 23.3 Å². The Labute approximate surface area is 177 Å². The molecule has 0 aromatic heterocycles. The molecule has 1 heterocycles. The first kappa shape index (κ1) is 20.6. The molecule has 156 valence electrons. The summed E-state index contributed by atoms with van der Waals surface area (Å²) in [5.41, 5.74) is 2.04. The molecule has 5 nitrogen and oxygen atoms in total. The van der Waals surface area contributed by atoms with Gasteiger partial charge in [0, 0.05) is 19.6 Å². The number of sulfonamides is 1. The van der Waals surface area contributed by atoms with Gasteiger partial charge in [-0.3, -0.25) is 4.79 Å². The average molecular weight is 423 g/mol. The molecular weight excluding hydrogens is 396 g/mol. The van der Waals surface area contributed by atoms with Crippen molar-refractivity contribution in [2.45, 2.75) is 31.2 Å². The Balaban J connectivity index is 1.41. The Bertz CT molecular complexity index is 1160. The lowest BCUT2D eigenvalue weighted by Crippen LogP contribution is -2.45. The number of piperidine rings is 1. The summed E-state index contributed by atoms with van der Waals surface area (Å²) in [5, 5.41) is 5.29. The molecule has 4 rings (SSSR count). The van der Waals surface area contributed by atoms with Crippen molar-refractivity contribution in [1.29, 1.82) is 0 Å². The quantitative estimate of drug-likeness (QED) is 0.679. The maximum atomic E-state index is 13.0. The Hall–Kier alpha value is -2.70. The molecule has 1 atom stereocenters. The van der Waals surface area contributed by atoms with Gasteiger partial charge in [0.05, 0.1) is 10.8 Å². The molecule has 0 bridgehead atoms. The molecule has 30 heavy (non-hydrogen) atoms. The fourth-order valence-corrected chi connectivity index (χ4v) is 5.44. The summed E-state index contributed by atoms with van der Waals surface area (Å²) in [4.78, 5) is 13.0. The van der Waals surface area contributed by atoms with Crippen LogP contribution in [0.15, 0.2) is 71.6 Å². The third-order valence-electron chi connectivity index (χ3n) is 5.69. The van der Waals surface area contributed by atoms with E-state index >= 15 is 0 Å². The molecule has 0 spiro atoms. The van der Waals surface area contributed by atoms with Crippen molar-refractivity contribution in [3.8, 4) is 0 Å². The predicted molar refractivity (Wildman–Crippen MR) is 118 cm³/mol. The smallest absolute Gasteiger partial charge is 0.243 e. The van der Waals surface area contributed by atoms with Gasteiger partial charge in [-0.15, -0.1) is 0 Å². The Morgan fingerprint density at radius 3 is 2.53 bits per heavy atom. The van der Waals surface area contributed by atoms with Gasteiger partial charge in [-0.2, -0.15) is 4.31 Å². The minimum atomic E-state index is -3.58. The number of carbonyl (C=O) groups excluding carboxylic acids is 1. The number of hydrogen-bond acceptors (Lipinski definition) is 3. The Morgan fingerprint density at radius 2 is 1.77 bits per heavy atom. The number of fused-ring (bicyclic) bond motifs is 1. The van der Waals surface area contributed by atoms with Crippen LogP contribution in [0.25, 0.3) is 10.8 Å². The highest BCUT2D eigenvalue weighted by atomic mass is 32.2. The molecule has 0 saturated carbocycles. The van der Waals surface area contributed by atoms with E-state index in [2.05, 4.69) is 23.5 Å². The third kappa shape index (κ3) is 4.40. The van der Waals surface area contributed by atoms with Gasteiger partial charge in [0.1, 0.15) is 0 Å². The number of nitrogens with zero attached hydrogens (tertiary/aromatic N) is 1. The van der Waals surface area contributed by atoms with Gasteiger partial charge in [-0.1, -0.05) is 54.1 Å². The van der Waals surface area contributed by atoms with Gasteiger partial charge >= 0.3 is 0 Å². The monoisotopic (exact) mass is 422 g/mol. The minimum absolute atomic E-state index is 0.0908. The van der Waals surface area contributed by atoms with Gasteiger partial charge < -0.3 is 5.32 Å². The standard InChI is InChI=1S/C24H26N2O3S/c1-18-8-12-23(13-9-18)30(28,29)26-14-4-7-22(17-26)24(27)25-16-19-10-11-20-5-2-3-6-21(20)15-19/h2-3,5-6,8-13,15,22H,4,7,14,16-17H2,1H3,(H,25,27). The minimum Gasteiger partial charge on any atom is -0.352 e. The number of carbonyl (C=O) groups is 1. The van der Waals surface area contributed by atoms with Crippen LogP contribution in [0.2, 0.25) is 0 Å². The second-order valence-corrected chi connectivity index (χ2v) is 9.85. The number of rotatable bonds is 5. The molecule has 3 aromatic carbocycles. The summed E-state index contributed by atoms with van der Waals surface area (Å²) in [6.45, 7) is 3.03. The molecule has 6 heteroatoms. The third-order valence-corrected chi connectivity index (χ3v) is 7.57. The van der Waals surface area contributed by atoms with Crippen LogP contribution < -0.4 is 5.32 Å². The Morgan fingerprint density at radius 1 is 1.03 bits per heavy atom. The van der Waals surface area contributed by atoms with E-state index < -0.39 is 10.0 Å². The summed E-state index contributed by atoms with van der Waals surface area (Å²) in [6.07, 6.45) is 1.38. The van der Waals surface area contributed by atoms with Crippen LogP contribution in [0, 0.1) is 12.8 Å². The zero-order chi connectivity index (χ0) is 21.1. The lowest BCUT2D eigenvalue weighted by Gasteiger charge is -2.31. The average Bonchev–Trinajstić information content (AvgIpc) is 2.77. The van der Waals surface area contributed by atoms with E-state index in [4.69, 9.17) is 0 Å². The number of hydrogen-bond donors (Lipinski definition) is 1. The number of nitrogens with one attached hydrogen (secondary N) is 1. The maximum absolute atomic E-state index is 13.0. The SMILES string of the molecule is Cc1ccc(S(=O)(=O)N2CCCC(C(=O)NCc3ccc4ccccc4c3)C2)cc1. The molecule has 1 unspecified atom stereocenters.